The fourth-order valence-corrected chi connectivity index (χ4v) is 4.92. The summed E-state index contributed by atoms with van der Waals surface area (Å²) in [5.41, 5.74) is 4.67. The molecule has 0 unspecified atom stereocenters. The van der Waals surface area contributed by atoms with Gasteiger partial charge >= 0.3 is 0 Å². The Morgan fingerprint density at radius 1 is 0.692 bits per heavy atom. The van der Waals surface area contributed by atoms with E-state index in [4.69, 9.17) is 14.6 Å². The van der Waals surface area contributed by atoms with Crippen LogP contribution in [0.1, 0.15) is 46.2 Å². The second-order valence-electron chi connectivity index (χ2n) is 11.5. The number of halogens is 2. The topological polar surface area (TPSA) is 107 Å². The van der Waals surface area contributed by atoms with Gasteiger partial charge in [0.25, 0.3) is 11.1 Å². The van der Waals surface area contributed by atoms with E-state index in [-0.39, 0.29) is 35.8 Å². The van der Waals surface area contributed by atoms with Crippen LogP contribution in [0.25, 0.3) is 11.3 Å². The highest BCUT2D eigenvalue weighted by Gasteiger charge is 2.06. The lowest BCUT2D eigenvalue weighted by Gasteiger charge is -2.04. The quantitative estimate of drug-likeness (QED) is 0.253. The highest BCUT2D eigenvalue weighted by atomic mass is 19.1. The Balaban J connectivity index is 0.000000177. The van der Waals surface area contributed by atoms with Crippen LogP contribution >= 0.6 is 0 Å². The third-order valence-electron chi connectivity index (χ3n) is 7.74. The van der Waals surface area contributed by atoms with E-state index < -0.39 is 0 Å². The Bertz CT molecular complexity index is 2360. The summed E-state index contributed by atoms with van der Waals surface area (Å²) in [5, 5.41) is 8.94. The first-order valence-corrected chi connectivity index (χ1v) is 16.6. The molecule has 1 aliphatic rings. The van der Waals surface area contributed by atoms with E-state index in [2.05, 4.69) is 33.6 Å². The van der Waals surface area contributed by atoms with Crippen LogP contribution < -0.4 is 11.1 Å². The summed E-state index contributed by atoms with van der Waals surface area (Å²) in [6.07, 6.45) is 9.69. The standard InChI is InChI=1S/C19H15FN2O2.C18H13FN2O2.C4H8O/c1-24-11-9-16-13-21-18-12-15(8-10-22(18)19(16)23)3-2-14-4-6-17(20)7-5-14;19-16-5-3-13(4-6-16)1-2-14-7-9-21-17(11-14)20-12-15(8-10-22)18(21)23;1-2-4-5-3-1/h4-8,10,12-13H,9,11H2,1H3;3-7,9,11-12,22H,8,10H2;1-4H2. The molecule has 52 heavy (non-hydrogen) atoms. The fourth-order valence-electron chi connectivity index (χ4n) is 4.92. The molecule has 4 aromatic heterocycles. The number of ether oxygens (including phenoxy) is 2. The number of benzene rings is 2. The molecule has 0 radical (unpaired) electrons. The van der Waals surface area contributed by atoms with Gasteiger partial charge in [-0.1, -0.05) is 23.7 Å². The third kappa shape index (κ3) is 10.5. The molecular weight excluding hydrogens is 666 g/mol. The number of rotatable bonds is 5. The van der Waals surface area contributed by atoms with Gasteiger partial charge in [0.05, 0.1) is 6.61 Å². The van der Waals surface area contributed by atoms with Crippen LogP contribution in [0.2, 0.25) is 0 Å². The van der Waals surface area contributed by atoms with Crippen LogP contribution in [-0.2, 0) is 22.3 Å². The Morgan fingerprint density at radius 2 is 1.13 bits per heavy atom. The summed E-state index contributed by atoms with van der Waals surface area (Å²) in [5.74, 6) is 11.3. The summed E-state index contributed by atoms with van der Waals surface area (Å²) in [4.78, 5) is 33.1. The molecule has 1 saturated heterocycles. The van der Waals surface area contributed by atoms with Gasteiger partial charge in [-0.15, -0.1) is 0 Å². The maximum Gasteiger partial charge on any atom is 0.261 e. The number of methoxy groups -OCH3 is 1. The van der Waals surface area contributed by atoms with Crippen LogP contribution in [0.4, 0.5) is 8.78 Å². The Morgan fingerprint density at radius 3 is 1.54 bits per heavy atom. The molecule has 0 spiro atoms. The zero-order valence-electron chi connectivity index (χ0n) is 28.5. The summed E-state index contributed by atoms with van der Waals surface area (Å²) < 4.78 is 38.6. The molecule has 11 heteroatoms. The van der Waals surface area contributed by atoms with E-state index in [9.17, 15) is 18.4 Å². The van der Waals surface area contributed by atoms with Crippen molar-refractivity contribution in [3.63, 3.8) is 0 Å². The summed E-state index contributed by atoms with van der Waals surface area (Å²) in [7, 11) is 1.60. The van der Waals surface area contributed by atoms with Crippen LogP contribution in [0.15, 0.2) is 107 Å². The van der Waals surface area contributed by atoms with Gasteiger partial charge < -0.3 is 14.6 Å². The van der Waals surface area contributed by atoms with Crippen molar-refractivity contribution in [3.8, 4) is 23.7 Å². The van der Waals surface area contributed by atoms with Gasteiger partial charge in [0.15, 0.2) is 0 Å². The van der Waals surface area contributed by atoms with Crippen molar-refractivity contribution >= 4 is 11.3 Å². The Labute approximate surface area is 299 Å². The van der Waals surface area contributed by atoms with Crippen LogP contribution in [0.3, 0.4) is 0 Å². The molecule has 6 aromatic rings. The molecule has 2 aromatic carbocycles. The number of nitrogens with zero attached hydrogens (tertiary/aromatic N) is 4. The zero-order valence-corrected chi connectivity index (χ0v) is 28.5. The van der Waals surface area contributed by atoms with Gasteiger partial charge in [0, 0.05) is 97.9 Å². The Hall–Kier alpha value is -5.98. The number of aromatic nitrogens is 4. The van der Waals surface area contributed by atoms with Crippen LogP contribution in [0, 0.1) is 35.3 Å². The van der Waals surface area contributed by atoms with Crippen molar-refractivity contribution in [1.82, 2.24) is 18.8 Å². The van der Waals surface area contributed by atoms with Crippen molar-refractivity contribution in [3.05, 3.63) is 163 Å². The maximum atomic E-state index is 12.9. The normalized spacial score (nSPS) is 11.7. The van der Waals surface area contributed by atoms with Crippen LogP contribution in [0.5, 0.6) is 0 Å². The van der Waals surface area contributed by atoms with Gasteiger partial charge in [-0.3, -0.25) is 18.4 Å². The second-order valence-corrected chi connectivity index (χ2v) is 11.5. The SMILES string of the molecule is C1CCOC1.COCCc1cnc2cc(C#Cc3ccc(F)cc3)ccn2c1=O.O=c1c(CCO)cnc2cc(C#Cc3ccc(F)cc3)ccn12. The smallest absolute Gasteiger partial charge is 0.261 e. The van der Waals surface area contributed by atoms with E-state index in [1.807, 2.05) is 0 Å². The van der Waals surface area contributed by atoms with Gasteiger partial charge in [0.2, 0.25) is 0 Å². The van der Waals surface area contributed by atoms with Gasteiger partial charge in [-0.25, -0.2) is 18.7 Å². The number of hydrogen-bond donors (Lipinski definition) is 1. The summed E-state index contributed by atoms with van der Waals surface area (Å²) in [6, 6.07) is 18.8. The number of aliphatic hydroxyl groups excluding tert-OH is 1. The number of aliphatic hydroxyl groups is 1. The molecule has 1 fully saturated rings. The fraction of sp³-hybridized carbons (Fsp3) is 0.220. The van der Waals surface area contributed by atoms with E-state index in [1.165, 1.54) is 52.1 Å². The predicted molar refractivity (Wildman–Crippen MR) is 194 cm³/mol. The first kappa shape index (κ1) is 37.3. The van der Waals surface area contributed by atoms with Crippen molar-refractivity contribution in [2.45, 2.75) is 25.7 Å². The molecule has 1 N–H and O–H groups in total. The minimum absolute atomic E-state index is 0.0930. The van der Waals surface area contributed by atoms with Crippen LogP contribution in [-0.4, -0.2) is 57.4 Å². The molecule has 264 valence electrons. The minimum atomic E-state index is -0.302. The average molecular weight is 703 g/mol. The summed E-state index contributed by atoms with van der Waals surface area (Å²) in [6.45, 7) is 2.38. The predicted octanol–water partition coefficient (Wildman–Crippen LogP) is 4.99. The first-order chi connectivity index (χ1) is 25.3. The molecule has 5 heterocycles. The number of fused-ring (bicyclic) bond motifs is 2. The molecule has 0 aliphatic carbocycles. The van der Waals surface area contributed by atoms with Crippen molar-refractivity contribution in [2.75, 3.05) is 33.5 Å². The average Bonchev–Trinajstić information content (AvgIpc) is 3.77. The highest BCUT2D eigenvalue weighted by Crippen LogP contribution is 2.07. The van der Waals surface area contributed by atoms with E-state index in [0.717, 1.165) is 24.3 Å². The molecule has 0 amide bonds. The van der Waals surface area contributed by atoms with Gasteiger partial charge in [0.1, 0.15) is 22.9 Å². The lowest BCUT2D eigenvalue weighted by Crippen LogP contribution is -2.20. The second kappa shape index (κ2) is 18.9. The monoisotopic (exact) mass is 702 g/mol. The molecule has 0 bridgehead atoms. The van der Waals surface area contributed by atoms with E-state index in [1.54, 1.807) is 74.2 Å². The van der Waals surface area contributed by atoms with Gasteiger partial charge in [-0.05, 0) is 85.6 Å². The molecular formula is C41H36F2N4O5. The molecule has 1 aliphatic heterocycles. The molecule has 7 rings (SSSR count). The third-order valence-corrected chi connectivity index (χ3v) is 7.74. The largest absolute Gasteiger partial charge is 0.396 e. The maximum absolute atomic E-state index is 12.9. The molecule has 0 saturated carbocycles. The summed E-state index contributed by atoms with van der Waals surface area (Å²) >= 11 is 0. The van der Waals surface area contributed by atoms with E-state index in [0.29, 0.717) is 46.6 Å². The number of hydrogen-bond acceptors (Lipinski definition) is 7. The van der Waals surface area contributed by atoms with Gasteiger partial charge in [-0.2, -0.15) is 0 Å². The lowest BCUT2D eigenvalue weighted by molar-refractivity contribution is 0.198. The van der Waals surface area contributed by atoms with Crippen molar-refractivity contribution in [2.24, 2.45) is 0 Å². The Kier molecular flexibility index (Phi) is 13.5. The van der Waals surface area contributed by atoms with Crippen molar-refractivity contribution < 1.29 is 23.4 Å². The van der Waals surface area contributed by atoms with E-state index >= 15 is 0 Å². The minimum Gasteiger partial charge on any atom is -0.396 e. The van der Waals surface area contributed by atoms with Crippen molar-refractivity contribution in [1.29, 1.82) is 0 Å². The first-order valence-electron chi connectivity index (χ1n) is 16.6. The number of pyridine rings is 2. The zero-order chi connectivity index (χ0) is 36.7. The molecule has 9 nitrogen and oxygen atoms in total. The lowest BCUT2D eigenvalue weighted by atomic mass is 10.2. The molecule has 0 atom stereocenters. The highest BCUT2D eigenvalue weighted by molar-refractivity contribution is 5.51.